The van der Waals surface area contributed by atoms with Crippen LogP contribution in [0.3, 0.4) is 0 Å². The molecule has 0 bridgehead atoms. The van der Waals surface area contributed by atoms with Gasteiger partial charge in [0.15, 0.2) is 5.65 Å². The summed E-state index contributed by atoms with van der Waals surface area (Å²) in [4.78, 5) is 11.5. The highest BCUT2D eigenvalue weighted by molar-refractivity contribution is 5.88. The van der Waals surface area contributed by atoms with Crippen LogP contribution in [-0.2, 0) is 0 Å². The van der Waals surface area contributed by atoms with E-state index in [1.807, 2.05) is 13.1 Å². The van der Waals surface area contributed by atoms with Crippen LogP contribution in [0, 0.1) is 6.92 Å². The number of hydrogen-bond acceptors (Lipinski definition) is 4. The molecule has 0 saturated carbocycles. The average Bonchev–Trinajstić information content (AvgIpc) is 2.46. The van der Waals surface area contributed by atoms with Gasteiger partial charge >= 0.3 is 0 Å². The van der Waals surface area contributed by atoms with Gasteiger partial charge in [-0.25, -0.2) is 9.97 Å². The number of nitrogens with zero attached hydrogens (tertiary/aromatic N) is 3. The van der Waals surface area contributed by atoms with Gasteiger partial charge in [-0.15, -0.1) is 0 Å². The Hall–Kier alpha value is -1.68. The normalized spacial score (nSPS) is 20.3. The summed E-state index contributed by atoms with van der Waals surface area (Å²) >= 11 is 0. The van der Waals surface area contributed by atoms with Crippen LogP contribution in [0.25, 0.3) is 11.0 Å². The van der Waals surface area contributed by atoms with Crippen molar-refractivity contribution in [2.24, 2.45) is 0 Å². The summed E-state index contributed by atoms with van der Waals surface area (Å²) in [6, 6.07) is 6.73. The van der Waals surface area contributed by atoms with Crippen molar-refractivity contribution in [2.75, 3.05) is 18.4 Å². The van der Waals surface area contributed by atoms with Gasteiger partial charge in [0.1, 0.15) is 0 Å². The lowest BCUT2D eigenvalue weighted by molar-refractivity contribution is 0.104. The number of aromatic nitrogens is 2. The van der Waals surface area contributed by atoms with Gasteiger partial charge in [-0.2, -0.15) is 0 Å². The topological polar surface area (TPSA) is 41.0 Å². The predicted molar refractivity (Wildman–Crippen MR) is 92.2 cm³/mol. The summed E-state index contributed by atoms with van der Waals surface area (Å²) in [5.41, 5.74) is 3.22. The highest BCUT2D eigenvalue weighted by Crippen LogP contribution is 2.25. The van der Waals surface area contributed by atoms with Gasteiger partial charge in [0.2, 0.25) is 0 Å². The standard InChI is InChI=1S/C18H26N4/c1-13-7-8-15-16(9-10-19-17(15)20-13)21-14-6-5-11-22(12-14)18(2,3)4/h7-10,14H,5-6,11-12H2,1-4H3,(H,19,20,21). The first-order valence-electron chi connectivity index (χ1n) is 8.17. The first kappa shape index (κ1) is 15.2. The Morgan fingerprint density at radius 1 is 1.23 bits per heavy atom. The van der Waals surface area contributed by atoms with Crippen molar-refractivity contribution >= 4 is 16.7 Å². The third kappa shape index (κ3) is 3.22. The molecule has 1 N–H and O–H groups in total. The SMILES string of the molecule is Cc1ccc2c(NC3CCCN(C(C)(C)C)C3)ccnc2n1. The smallest absolute Gasteiger partial charge is 0.161 e. The zero-order chi connectivity index (χ0) is 15.7. The predicted octanol–water partition coefficient (Wildman–Crippen LogP) is 3.61. The number of aryl methyl sites for hydroxylation is 1. The van der Waals surface area contributed by atoms with Crippen molar-refractivity contribution in [1.82, 2.24) is 14.9 Å². The van der Waals surface area contributed by atoms with Gasteiger partial charge in [0.05, 0.1) is 0 Å². The Labute approximate surface area is 133 Å². The van der Waals surface area contributed by atoms with Crippen LogP contribution in [0.4, 0.5) is 5.69 Å². The molecule has 0 spiro atoms. The molecule has 0 amide bonds. The van der Waals surface area contributed by atoms with E-state index in [-0.39, 0.29) is 5.54 Å². The fraction of sp³-hybridized carbons (Fsp3) is 0.556. The van der Waals surface area contributed by atoms with Crippen LogP contribution >= 0.6 is 0 Å². The van der Waals surface area contributed by atoms with Crippen molar-refractivity contribution in [3.63, 3.8) is 0 Å². The van der Waals surface area contributed by atoms with Gasteiger partial charge in [-0.1, -0.05) is 0 Å². The Morgan fingerprint density at radius 3 is 2.82 bits per heavy atom. The number of piperidine rings is 1. The minimum absolute atomic E-state index is 0.235. The maximum Gasteiger partial charge on any atom is 0.161 e. The van der Waals surface area contributed by atoms with Crippen molar-refractivity contribution in [3.8, 4) is 0 Å². The van der Waals surface area contributed by atoms with Gasteiger partial charge in [0.25, 0.3) is 0 Å². The fourth-order valence-corrected chi connectivity index (χ4v) is 3.17. The minimum Gasteiger partial charge on any atom is -0.380 e. The second-order valence-corrected chi connectivity index (χ2v) is 7.28. The maximum absolute atomic E-state index is 4.52. The molecule has 2 aromatic heterocycles. The summed E-state index contributed by atoms with van der Waals surface area (Å²) in [6.07, 6.45) is 4.31. The number of anilines is 1. The van der Waals surface area contributed by atoms with Gasteiger partial charge in [-0.05, 0) is 65.3 Å². The lowest BCUT2D eigenvalue weighted by atomic mass is 9.98. The molecule has 118 valence electrons. The molecule has 3 rings (SSSR count). The minimum atomic E-state index is 0.235. The van der Waals surface area contributed by atoms with Gasteiger partial charge in [0, 0.05) is 41.1 Å². The van der Waals surface area contributed by atoms with Crippen LogP contribution < -0.4 is 5.32 Å². The molecule has 1 fully saturated rings. The second kappa shape index (κ2) is 5.84. The van der Waals surface area contributed by atoms with Gasteiger partial charge in [-0.3, -0.25) is 4.90 Å². The molecule has 0 radical (unpaired) electrons. The number of pyridine rings is 2. The second-order valence-electron chi connectivity index (χ2n) is 7.28. The Balaban J connectivity index is 1.81. The van der Waals surface area contributed by atoms with Crippen molar-refractivity contribution in [3.05, 3.63) is 30.1 Å². The van der Waals surface area contributed by atoms with E-state index in [1.54, 1.807) is 0 Å². The molecule has 4 heteroatoms. The van der Waals surface area contributed by atoms with E-state index in [1.165, 1.54) is 19.4 Å². The molecule has 0 aliphatic carbocycles. The van der Waals surface area contributed by atoms with E-state index in [9.17, 15) is 0 Å². The third-order valence-electron chi connectivity index (χ3n) is 4.47. The highest BCUT2D eigenvalue weighted by atomic mass is 15.2. The van der Waals surface area contributed by atoms with Crippen LogP contribution in [-0.4, -0.2) is 39.5 Å². The summed E-state index contributed by atoms with van der Waals surface area (Å²) < 4.78 is 0. The number of hydrogen-bond donors (Lipinski definition) is 1. The number of fused-ring (bicyclic) bond motifs is 1. The molecule has 1 saturated heterocycles. The van der Waals surface area contributed by atoms with Crippen molar-refractivity contribution in [2.45, 2.75) is 52.1 Å². The van der Waals surface area contributed by atoms with E-state index >= 15 is 0 Å². The van der Waals surface area contributed by atoms with Crippen LogP contribution in [0.5, 0.6) is 0 Å². The Kier molecular flexibility index (Phi) is 4.04. The van der Waals surface area contributed by atoms with E-state index < -0.39 is 0 Å². The molecule has 1 atom stereocenters. The Morgan fingerprint density at radius 2 is 2.05 bits per heavy atom. The van der Waals surface area contributed by atoms with E-state index in [0.29, 0.717) is 6.04 Å². The van der Waals surface area contributed by atoms with Crippen molar-refractivity contribution < 1.29 is 0 Å². The van der Waals surface area contributed by atoms with Crippen LogP contribution in [0.15, 0.2) is 24.4 Å². The molecule has 1 aliphatic rings. The zero-order valence-corrected chi connectivity index (χ0v) is 14.1. The first-order valence-corrected chi connectivity index (χ1v) is 8.17. The number of rotatable bonds is 2. The zero-order valence-electron chi connectivity index (χ0n) is 14.1. The summed E-state index contributed by atoms with van der Waals surface area (Å²) in [7, 11) is 0. The third-order valence-corrected chi connectivity index (χ3v) is 4.47. The van der Waals surface area contributed by atoms with E-state index in [2.05, 4.69) is 59.2 Å². The summed E-state index contributed by atoms with van der Waals surface area (Å²) in [5.74, 6) is 0. The molecule has 22 heavy (non-hydrogen) atoms. The van der Waals surface area contributed by atoms with E-state index in [4.69, 9.17) is 0 Å². The molecule has 4 nitrogen and oxygen atoms in total. The van der Waals surface area contributed by atoms with Crippen molar-refractivity contribution in [1.29, 1.82) is 0 Å². The lowest BCUT2D eigenvalue weighted by Gasteiger charge is -2.42. The molecule has 2 aromatic rings. The summed E-state index contributed by atoms with van der Waals surface area (Å²) in [5, 5.41) is 4.84. The molecule has 0 aromatic carbocycles. The largest absolute Gasteiger partial charge is 0.380 e. The van der Waals surface area contributed by atoms with Crippen LogP contribution in [0.2, 0.25) is 0 Å². The average molecular weight is 298 g/mol. The summed E-state index contributed by atoms with van der Waals surface area (Å²) in [6.45, 7) is 11.2. The molecular formula is C18H26N4. The fourth-order valence-electron chi connectivity index (χ4n) is 3.17. The monoisotopic (exact) mass is 298 g/mol. The first-order chi connectivity index (χ1) is 10.4. The van der Waals surface area contributed by atoms with Gasteiger partial charge < -0.3 is 5.32 Å². The molecular weight excluding hydrogens is 272 g/mol. The van der Waals surface area contributed by atoms with E-state index in [0.717, 1.165) is 29.0 Å². The maximum atomic E-state index is 4.52. The highest BCUT2D eigenvalue weighted by Gasteiger charge is 2.27. The lowest BCUT2D eigenvalue weighted by Crippen LogP contribution is -2.50. The number of likely N-dealkylation sites (tertiary alicyclic amines) is 1. The number of nitrogens with one attached hydrogen (secondary N) is 1. The van der Waals surface area contributed by atoms with Crippen LogP contribution in [0.1, 0.15) is 39.3 Å². The quantitative estimate of drug-likeness (QED) is 0.919. The molecule has 1 unspecified atom stereocenters. The Bertz CT molecular complexity index is 660. The molecule has 1 aliphatic heterocycles. The molecule has 3 heterocycles.